The number of benzene rings is 1. The average Bonchev–Trinajstić information content (AvgIpc) is 2.42. The van der Waals surface area contributed by atoms with Crippen LogP contribution in [0.15, 0.2) is 36.8 Å². The van der Waals surface area contributed by atoms with Gasteiger partial charge < -0.3 is 10.4 Å². The molecule has 0 aliphatic heterocycles. The van der Waals surface area contributed by atoms with Crippen molar-refractivity contribution in [1.29, 1.82) is 0 Å². The van der Waals surface area contributed by atoms with E-state index in [0.29, 0.717) is 16.9 Å². The fourth-order valence-corrected chi connectivity index (χ4v) is 1.71. The predicted octanol–water partition coefficient (Wildman–Crippen LogP) is 2.05. The summed E-state index contributed by atoms with van der Waals surface area (Å²) in [6.45, 7) is 3.93. The molecule has 0 spiro atoms. The Labute approximate surface area is 140 Å². The van der Waals surface area contributed by atoms with Gasteiger partial charge in [0, 0.05) is 32.7 Å². The first-order valence-corrected chi connectivity index (χ1v) is 5.59. The first-order valence-electron chi connectivity index (χ1n) is 5.59. The quantitative estimate of drug-likeness (QED) is 0.694. The van der Waals surface area contributed by atoms with Gasteiger partial charge in [-0.15, -0.1) is 6.07 Å². The summed E-state index contributed by atoms with van der Waals surface area (Å²) < 4.78 is 0. The molecule has 2 N–H and O–H groups in total. The van der Waals surface area contributed by atoms with Crippen molar-refractivity contribution in [2.75, 3.05) is 5.32 Å². The molecule has 7 heteroatoms. The topological polar surface area (TPSA) is 83.8 Å². The summed E-state index contributed by atoms with van der Waals surface area (Å²) in [6.07, 6.45) is 2.86. The monoisotopic (exact) mass is 341 g/mol. The summed E-state index contributed by atoms with van der Waals surface area (Å²) in [5.41, 5.74) is 2.67. The second-order valence-corrected chi connectivity index (χ2v) is 3.91. The van der Waals surface area contributed by atoms with Crippen LogP contribution in [0.1, 0.15) is 5.56 Å². The fraction of sp³-hybridized carbons (Fsp3) is 0. The molecule has 1 aromatic carbocycles. The van der Waals surface area contributed by atoms with Crippen molar-refractivity contribution in [3.8, 4) is 6.01 Å². The van der Waals surface area contributed by atoms with Gasteiger partial charge in [0.05, 0.1) is 6.20 Å². The van der Waals surface area contributed by atoms with Crippen LogP contribution in [0.25, 0.3) is 11.0 Å². The number of aromatic hydroxyl groups is 1. The van der Waals surface area contributed by atoms with Gasteiger partial charge in [-0.05, 0) is 0 Å². The van der Waals surface area contributed by atoms with Gasteiger partial charge >= 0.3 is 6.01 Å². The Morgan fingerprint density at radius 2 is 1.90 bits per heavy atom. The molecule has 20 heavy (non-hydrogen) atoms. The number of aromatic nitrogens is 4. The van der Waals surface area contributed by atoms with Crippen LogP contribution in [-0.4, -0.2) is 25.0 Å². The molecule has 0 aliphatic rings. The SMILES string of the molecule is [CH2-]c1ccccc1Nc1ncnc2cnc(O)nc12.[Y]. The minimum atomic E-state index is -0.312. The summed E-state index contributed by atoms with van der Waals surface area (Å²) in [5.74, 6) is 0.499. The van der Waals surface area contributed by atoms with E-state index in [1.807, 2.05) is 24.3 Å². The summed E-state index contributed by atoms with van der Waals surface area (Å²) in [6, 6.07) is 7.26. The van der Waals surface area contributed by atoms with Gasteiger partial charge in [-0.1, -0.05) is 17.8 Å². The van der Waals surface area contributed by atoms with Gasteiger partial charge in [0.2, 0.25) is 0 Å². The molecule has 97 valence electrons. The van der Waals surface area contributed by atoms with Crippen LogP contribution < -0.4 is 5.32 Å². The zero-order valence-electron chi connectivity index (χ0n) is 10.5. The smallest absolute Gasteiger partial charge is 0.314 e. The van der Waals surface area contributed by atoms with E-state index in [2.05, 4.69) is 32.2 Å². The van der Waals surface area contributed by atoms with Crippen molar-refractivity contribution >= 4 is 22.5 Å². The molecule has 0 amide bonds. The Morgan fingerprint density at radius 3 is 2.70 bits per heavy atom. The summed E-state index contributed by atoms with van der Waals surface area (Å²) in [4.78, 5) is 15.8. The third-order valence-corrected chi connectivity index (χ3v) is 2.64. The number of hydrogen-bond donors (Lipinski definition) is 2. The number of rotatable bonds is 2. The van der Waals surface area contributed by atoms with Crippen molar-refractivity contribution in [3.63, 3.8) is 0 Å². The van der Waals surface area contributed by atoms with Crippen LogP contribution in [0.4, 0.5) is 11.5 Å². The molecule has 0 aliphatic carbocycles. The van der Waals surface area contributed by atoms with Crippen molar-refractivity contribution in [2.24, 2.45) is 0 Å². The number of para-hydroxylation sites is 1. The van der Waals surface area contributed by atoms with Gasteiger partial charge in [0.15, 0.2) is 0 Å². The van der Waals surface area contributed by atoms with Crippen molar-refractivity contribution in [2.45, 2.75) is 0 Å². The van der Waals surface area contributed by atoms with Crippen LogP contribution in [0.2, 0.25) is 0 Å². The Kier molecular flexibility index (Phi) is 4.47. The van der Waals surface area contributed by atoms with E-state index >= 15 is 0 Å². The van der Waals surface area contributed by atoms with E-state index in [0.717, 1.165) is 11.3 Å². The molecule has 0 fully saturated rings. The van der Waals surface area contributed by atoms with Gasteiger partial charge in [0.1, 0.15) is 23.2 Å². The molecule has 0 unspecified atom stereocenters. The van der Waals surface area contributed by atoms with Crippen molar-refractivity contribution in [1.82, 2.24) is 19.9 Å². The fourth-order valence-electron chi connectivity index (χ4n) is 1.71. The van der Waals surface area contributed by atoms with E-state index < -0.39 is 0 Å². The molecule has 3 aromatic rings. The zero-order valence-corrected chi connectivity index (χ0v) is 13.3. The minimum Gasteiger partial charge on any atom is -0.479 e. The number of hydrogen-bond acceptors (Lipinski definition) is 6. The predicted molar refractivity (Wildman–Crippen MR) is 71.0 cm³/mol. The number of anilines is 2. The van der Waals surface area contributed by atoms with Gasteiger partial charge in [0.25, 0.3) is 0 Å². The van der Waals surface area contributed by atoms with Crippen LogP contribution in [0, 0.1) is 6.92 Å². The number of nitrogens with one attached hydrogen (secondary N) is 1. The molecule has 0 atom stereocenters. The third-order valence-electron chi connectivity index (χ3n) is 2.64. The van der Waals surface area contributed by atoms with E-state index in [-0.39, 0.29) is 38.7 Å². The summed E-state index contributed by atoms with van der Waals surface area (Å²) >= 11 is 0. The Balaban J connectivity index is 0.00000147. The maximum absolute atomic E-state index is 9.36. The minimum absolute atomic E-state index is 0. The largest absolute Gasteiger partial charge is 0.479 e. The number of fused-ring (bicyclic) bond motifs is 1. The van der Waals surface area contributed by atoms with Crippen LogP contribution in [0.3, 0.4) is 0 Å². The molecule has 2 aromatic heterocycles. The second kappa shape index (κ2) is 6.11. The standard InChI is InChI=1S/C13H10N5O.Y/c1-8-4-2-3-5-9(8)17-12-11-10(15-7-16-12)6-14-13(19)18-11;/h2-7H,1H2,(H,14,18,19)(H,15,16,17);/q-1;. The Hall–Kier alpha value is -1.79. The van der Waals surface area contributed by atoms with E-state index in [9.17, 15) is 5.11 Å². The van der Waals surface area contributed by atoms with Crippen LogP contribution >= 0.6 is 0 Å². The molecular formula is C13H10N5OY-. The first-order chi connectivity index (χ1) is 9.24. The van der Waals surface area contributed by atoms with Crippen LogP contribution in [0.5, 0.6) is 6.01 Å². The van der Waals surface area contributed by atoms with Crippen molar-refractivity contribution < 1.29 is 37.8 Å². The second-order valence-electron chi connectivity index (χ2n) is 3.91. The molecule has 0 saturated carbocycles. The number of nitrogens with zero attached hydrogens (tertiary/aromatic N) is 4. The van der Waals surface area contributed by atoms with E-state index in [1.54, 1.807) is 0 Å². The average molecular weight is 341 g/mol. The Morgan fingerprint density at radius 1 is 1.10 bits per heavy atom. The molecule has 2 heterocycles. The molecule has 0 saturated heterocycles. The molecule has 0 bridgehead atoms. The molecule has 1 radical (unpaired) electrons. The molecule has 6 nitrogen and oxygen atoms in total. The van der Waals surface area contributed by atoms with Crippen LogP contribution in [-0.2, 0) is 32.7 Å². The van der Waals surface area contributed by atoms with E-state index in [1.165, 1.54) is 12.5 Å². The normalized spacial score (nSPS) is 10.0. The van der Waals surface area contributed by atoms with Gasteiger partial charge in [-0.25, -0.2) is 15.0 Å². The zero-order chi connectivity index (χ0) is 13.2. The summed E-state index contributed by atoms with van der Waals surface area (Å²) in [7, 11) is 0. The third kappa shape index (κ3) is 2.86. The maximum atomic E-state index is 9.36. The Bertz CT molecular complexity index is 750. The van der Waals surface area contributed by atoms with Gasteiger partial charge in [-0.3, -0.25) is 0 Å². The van der Waals surface area contributed by atoms with E-state index in [4.69, 9.17) is 0 Å². The summed E-state index contributed by atoms with van der Waals surface area (Å²) in [5, 5.41) is 12.5. The van der Waals surface area contributed by atoms with Crippen molar-refractivity contribution in [3.05, 3.63) is 49.3 Å². The van der Waals surface area contributed by atoms with Gasteiger partial charge in [-0.2, -0.15) is 23.5 Å². The molecular weight excluding hydrogens is 331 g/mol. The first kappa shape index (κ1) is 14.6. The molecule has 3 rings (SSSR count). The maximum Gasteiger partial charge on any atom is 0.314 e.